The number of hydrogen-bond donors (Lipinski definition) is 1. The van der Waals surface area contributed by atoms with Crippen molar-refractivity contribution in [1.82, 2.24) is 0 Å². The second-order valence-electron chi connectivity index (χ2n) is 3.78. The summed E-state index contributed by atoms with van der Waals surface area (Å²) in [4.78, 5) is 12.0. The van der Waals surface area contributed by atoms with Crippen LogP contribution in [0.1, 0.15) is 5.76 Å². The van der Waals surface area contributed by atoms with Gasteiger partial charge in [-0.2, -0.15) is 5.26 Å². The highest BCUT2D eigenvalue weighted by atomic mass is 79.9. The first kappa shape index (κ1) is 14.6. The Kier molecular flexibility index (Phi) is 4.77. The monoisotopic (exact) mass is 394 g/mol. The SMILES string of the molecule is N#C/C(=C/c1ccc(Br)o1)C(=O)Nc1cccc(Br)c1. The molecule has 0 saturated heterocycles. The summed E-state index contributed by atoms with van der Waals surface area (Å²) in [7, 11) is 0. The first-order valence-electron chi connectivity index (χ1n) is 5.52. The van der Waals surface area contributed by atoms with E-state index in [-0.39, 0.29) is 5.57 Å². The zero-order chi connectivity index (χ0) is 14.5. The van der Waals surface area contributed by atoms with Gasteiger partial charge in [-0.05, 0) is 46.3 Å². The standard InChI is InChI=1S/C14H8Br2N2O2/c15-10-2-1-3-11(7-10)18-14(19)9(8-17)6-12-4-5-13(16)20-12/h1-7H,(H,18,19)/b9-6-. The average molecular weight is 396 g/mol. The molecule has 2 rings (SSSR count). The summed E-state index contributed by atoms with van der Waals surface area (Å²) in [6.45, 7) is 0. The lowest BCUT2D eigenvalue weighted by molar-refractivity contribution is -0.112. The van der Waals surface area contributed by atoms with E-state index in [2.05, 4.69) is 37.2 Å². The summed E-state index contributed by atoms with van der Waals surface area (Å²) < 4.78 is 6.61. The molecule has 0 radical (unpaired) electrons. The molecule has 1 aromatic heterocycles. The maximum atomic E-state index is 12.0. The largest absolute Gasteiger partial charge is 0.450 e. The topological polar surface area (TPSA) is 66.0 Å². The smallest absolute Gasteiger partial charge is 0.266 e. The minimum absolute atomic E-state index is 0.0353. The van der Waals surface area contributed by atoms with Crippen molar-refractivity contribution in [2.45, 2.75) is 0 Å². The van der Waals surface area contributed by atoms with Gasteiger partial charge in [0.25, 0.3) is 5.91 Å². The molecule has 1 N–H and O–H groups in total. The van der Waals surface area contributed by atoms with E-state index in [0.717, 1.165) is 4.47 Å². The number of carbonyl (C=O) groups excluding carboxylic acids is 1. The lowest BCUT2D eigenvalue weighted by Gasteiger charge is -2.04. The van der Waals surface area contributed by atoms with Crippen molar-refractivity contribution in [3.05, 3.63) is 56.9 Å². The van der Waals surface area contributed by atoms with E-state index in [1.54, 1.807) is 30.3 Å². The van der Waals surface area contributed by atoms with Gasteiger partial charge < -0.3 is 9.73 Å². The first-order chi connectivity index (χ1) is 9.58. The van der Waals surface area contributed by atoms with Gasteiger partial charge in [-0.3, -0.25) is 4.79 Å². The van der Waals surface area contributed by atoms with Crippen molar-refractivity contribution in [1.29, 1.82) is 5.26 Å². The highest BCUT2D eigenvalue weighted by Crippen LogP contribution is 2.19. The number of amides is 1. The van der Waals surface area contributed by atoms with Crippen molar-refractivity contribution < 1.29 is 9.21 Å². The maximum absolute atomic E-state index is 12.0. The number of nitriles is 1. The fourth-order valence-corrected chi connectivity index (χ4v) is 2.18. The van der Waals surface area contributed by atoms with Gasteiger partial charge in [-0.15, -0.1) is 0 Å². The molecule has 1 aromatic carbocycles. The molecule has 0 atom stereocenters. The van der Waals surface area contributed by atoms with Crippen LogP contribution in [0.3, 0.4) is 0 Å². The Morgan fingerprint density at radius 2 is 2.10 bits per heavy atom. The fraction of sp³-hybridized carbons (Fsp3) is 0. The number of furan rings is 1. The zero-order valence-corrected chi connectivity index (χ0v) is 13.2. The van der Waals surface area contributed by atoms with Crippen LogP contribution in [0.15, 0.2) is 55.5 Å². The number of hydrogen-bond acceptors (Lipinski definition) is 3. The number of rotatable bonds is 3. The van der Waals surface area contributed by atoms with Crippen molar-refractivity contribution in [3.8, 4) is 6.07 Å². The second kappa shape index (κ2) is 6.55. The zero-order valence-electron chi connectivity index (χ0n) is 10.1. The summed E-state index contributed by atoms with van der Waals surface area (Å²) in [6.07, 6.45) is 1.39. The molecule has 2 aromatic rings. The normalized spacial score (nSPS) is 10.9. The molecule has 0 aliphatic heterocycles. The Morgan fingerprint density at radius 1 is 1.30 bits per heavy atom. The number of benzene rings is 1. The minimum atomic E-state index is -0.488. The van der Waals surface area contributed by atoms with E-state index < -0.39 is 5.91 Å². The van der Waals surface area contributed by atoms with Gasteiger partial charge in [0.2, 0.25) is 0 Å². The Bertz CT molecular complexity index is 714. The quantitative estimate of drug-likeness (QED) is 0.620. The highest BCUT2D eigenvalue weighted by Gasteiger charge is 2.10. The van der Waals surface area contributed by atoms with Crippen molar-refractivity contribution in [3.63, 3.8) is 0 Å². The van der Waals surface area contributed by atoms with Crippen LogP contribution in [0.4, 0.5) is 5.69 Å². The molecule has 1 amide bonds. The molecule has 0 aliphatic rings. The van der Waals surface area contributed by atoms with E-state index in [0.29, 0.717) is 16.1 Å². The van der Waals surface area contributed by atoms with Gasteiger partial charge in [-0.1, -0.05) is 22.0 Å². The molecule has 0 spiro atoms. The molecule has 1 heterocycles. The van der Waals surface area contributed by atoms with Crippen LogP contribution in [0, 0.1) is 11.3 Å². The Balaban J connectivity index is 2.18. The third-order valence-electron chi connectivity index (χ3n) is 2.33. The van der Waals surface area contributed by atoms with Gasteiger partial charge >= 0.3 is 0 Å². The molecular formula is C14H8Br2N2O2. The van der Waals surface area contributed by atoms with Gasteiger partial charge in [0, 0.05) is 16.2 Å². The van der Waals surface area contributed by atoms with Crippen LogP contribution < -0.4 is 5.32 Å². The number of carbonyl (C=O) groups is 1. The molecule has 0 aliphatic carbocycles. The Labute approximate surface area is 132 Å². The Hall–Kier alpha value is -1.84. The van der Waals surface area contributed by atoms with Gasteiger partial charge in [0.1, 0.15) is 17.4 Å². The molecule has 0 unspecified atom stereocenters. The van der Waals surface area contributed by atoms with Crippen molar-refractivity contribution in [2.75, 3.05) is 5.32 Å². The molecular weight excluding hydrogens is 388 g/mol. The third-order valence-corrected chi connectivity index (χ3v) is 3.25. The predicted octanol–water partition coefficient (Wildman–Crippen LogP) is 4.35. The van der Waals surface area contributed by atoms with Crippen LogP contribution in [0.25, 0.3) is 6.08 Å². The van der Waals surface area contributed by atoms with E-state index in [9.17, 15) is 4.79 Å². The number of anilines is 1. The molecule has 6 heteroatoms. The highest BCUT2D eigenvalue weighted by molar-refractivity contribution is 9.10. The predicted molar refractivity (Wildman–Crippen MR) is 82.8 cm³/mol. The maximum Gasteiger partial charge on any atom is 0.266 e. The van der Waals surface area contributed by atoms with Gasteiger partial charge in [-0.25, -0.2) is 0 Å². The van der Waals surface area contributed by atoms with Gasteiger partial charge in [0.15, 0.2) is 4.67 Å². The number of nitrogens with zero attached hydrogens (tertiary/aromatic N) is 1. The lowest BCUT2D eigenvalue weighted by Crippen LogP contribution is -2.13. The summed E-state index contributed by atoms with van der Waals surface area (Å²) in [5.41, 5.74) is 0.568. The molecule has 20 heavy (non-hydrogen) atoms. The Morgan fingerprint density at radius 3 is 2.70 bits per heavy atom. The molecule has 0 bridgehead atoms. The summed E-state index contributed by atoms with van der Waals surface area (Å²) in [6, 6.07) is 12.3. The number of nitrogens with one attached hydrogen (secondary N) is 1. The van der Waals surface area contributed by atoms with E-state index in [1.165, 1.54) is 6.08 Å². The van der Waals surface area contributed by atoms with Crippen molar-refractivity contribution >= 4 is 49.5 Å². The van der Waals surface area contributed by atoms with Crippen LogP contribution in [0.5, 0.6) is 0 Å². The molecule has 100 valence electrons. The first-order valence-corrected chi connectivity index (χ1v) is 7.11. The molecule has 0 fully saturated rings. The fourth-order valence-electron chi connectivity index (χ4n) is 1.46. The van der Waals surface area contributed by atoms with Crippen LogP contribution in [-0.4, -0.2) is 5.91 Å². The average Bonchev–Trinajstić information content (AvgIpc) is 2.81. The molecule has 4 nitrogen and oxygen atoms in total. The summed E-state index contributed by atoms with van der Waals surface area (Å²) in [5, 5.41) is 11.7. The summed E-state index contributed by atoms with van der Waals surface area (Å²) >= 11 is 6.47. The summed E-state index contributed by atoms with van der Waals surface area (Å²) in [5.74, 6) is -0.0593. The van der Waals surface area contributed by atoms with E-state index in [4.69, 9.17) is 9.68 Å². The van der Waals surface area contributed by atoms with Crippen molar-refractivity contribution in [2.24, 2.45) is 0 Å². The van der Waals surface area contributed by atoms with Crippen LogP contribution >= 0.6 is 31.9 Å². The van der Waals surface area contributed by atoms with Crippen LogP contribution in [-0.2, 0) is 4.79 Å². The van der Waals surface area contributed by atoms with Gasteiger partial charge in [0.05, 0.1) is 0 Å². The second-order valence-corrected chi connectivity index (χ2v) is 5.47. The van der Waals surface area contributed by atoms with Crippen LogP contribution in [0.2, 0.25) is 0 Å². The number of halogens is 2. The molecule has 0 saturated carbocycles. The van der Waals surface area contributed by atoms with E-state index >= 15 is 0 Å². The minimum Gasteiger partial charge on any atom is -0.450 e. The van der Waals surface area contributed by atoms with E-state index in [1.807, 2.05) is 12.1 Å². The lowest BCUT2D eigenvalue weighted by atomic mass is 10.2. The third kappa shape index (κ3) is 3.83.